The first kappa shape index (κ1) is 18.0. The molecule has 0 saturated heterocycles. The van der Waals surface area contributed by atoms with Gasteiger partial charge in [-0.2, -0.15) is 0 Å². The van der Waals surface area contributed by atoms with Crippen molar-refractivity contribution in [1.82, 2.24) is 14.6 Å². The van der Waals surface area contributed by atoms with Gasteiger partial charge in [0, 0.05) is 18.8 Å². The molecule has 124 valence electrons. The molecule has 0 radical (unpaired) electrons. The number of hydrogen-bond donors (Lipinski definition) is 1. The zero-order chi connectivity index (χ0) is 17.0. The molecule has 0 saturated carbocycles. The third kappa shape index (κ3) is 4.81. The average molecular weight is 402 g/mol. The number of likely N-dealkylation sites (N-methyl/N-ethyl adjacent to an activating group) is 1. The lowest BCUT2D eigenvalue weighted by Gasteiger charge is -2.25. The molecule has 1 aromatic heterocycles. The van der Waals surface area contributed by atoms with Crippen LogP contribution in [0.1, 0.15) is 11.6 Å². The number of benzene rings is 1. The van der Waals surface area contributed by atoms with Crippen LogP contribution in [0.25, 0.3) is 0 Å². The smallest absolute Gasteiger partial charge is 0.242 e. The van der Waals surface area contributed by atoms with E-state index in [4.69, 9.17) is 0 Å². The van der Waals surface area contributed by atoms with Crippen LogP contribution in [0.2, 0.25) is 0 Å². The number of rotatable bonds is 6. The molecule has 0 spiro atoms. The summed E-state index contributed by atoms with van der Waals surface area (Å²) in [6.45, 7) is 0.120. The number of aromatic nitrogens is 1. The van der Waals surface area contributed by atoms with Gasteiger partial charge in [-0.15, -0.1) is 0 Å². The fourth-order valence-corrected chi connectivity index (χ4v) is 3.32. The number of nitrogens with one attached hydrogen (secondary N) is 1. The van der Waals surface area contributed by atoms with Crippen molar-refractivity contribution in [2.45, 2.75) is 10.9 Å². The summed E-state index contributed by atoms with van der Waals surface area (Å²) in [5.41, 5.74) is 0.701. The zero-order valence-electron chi connectivity index (χ0n) is 12.7. The van der Waals surface area contributed by atoms with Crippen molar-refractivity contribution in [2.24, 2.45) is 0 Å². The highest BCUT2D eigenvalue weighted by Gasteiger charge is 2.20. The minimum Gasteiger partial charge on any atom is -0.301 e. The molecule has 2 aromatic rings. The van der Waals surface area contributed by atoms with E-state index in [0.717, 1.165) is 0 Å². The summed E-state index contributed by atoms with van der Waals surface area (Å²) in [6, 6.07) is 8.87. The van der Waals surface area contributed by atoms with Crippen LogP contribution in [-0.2, 0) is 10.0 Å². The van der Waals surface area contributed by atoms with Crippen LogP contribution >= 0.6 is 15.9 Å². The Labute approximate surface area is 143 Å². The maximum atomic E-state index is 13.4. The summed E-state index contributed by atoms with van der Waals surface area (Å²) in [4.78, 5) is 5.83. The highest BCUT2D eigenvalue weighted by atomic mass is 79.9. The van der Waals surface area contributed by atoms with Crippen LogP contribution in [0.5, 0.6) is 0 Å². The molecule has 0 bridgehead atoms. The van der Waals surface area contributed by atoms with E-state index in [-0.39, 0.29) is 23.3 Å². The predicted octanol–water partition coefficient (Wildman–Crippen LogP) is 2.56. The van der Waals surface area contributed by atoms with Crippen molar-refractivity contribution in [2.75, 3.05) is 20.6 Å². The number of halogens is 2. The van der Waals surface area contributed by atoms with E-state index >= 15 is 0 Å². The quantitative estimate of drug-likeness (QED) is 0.755. The lowest BCUT2D eigenvalue weighted by atomic mass is 10.1. The van der Waals surface area contributed by atoms with Gasteiger partial charge < -0.3 is 4.90 Å². The third-order valence-electron chi connectivity index (χ3n) is 3.33. The van der Waals surface area contributed by atoms with Gasteiger partial charge in [-0.25, -0.2) is 22.5 Å². The largest absolute Gasteiger partial charge is 0.301 e. The minimum atomic E-state index is -3.68. The molecule has 2 rings (SSSR count). The van der Waals surface area contributed by atoms with E-state index in [1.165, 1.54) is 24.4 Å². The molecule has 8 heteroatoms. The highest BCUT2D eigenvalue weighted by Crippen LogP contribution is 2.19. The Balaban J connectivity index is 2.17. The highest BCUT2D eigenvalue weighted by molar-refractivity contribution is 9.10. The second-order valence-electron chi connectivity index (χ2n) is 5.20. The second kappa shape index (κ2) is 7.48. The third-order valence-corrected chi connectivity index (χ3v) is 5.21. The molecule has 23 heavy (non-hydrogen) atoms. The molecular formula is C15H17BrFN3O2S. The minimum absolute atomic E-state index is 0.0810. The van der Waals surface area contributed by atoms with E-state index in [1.54, 1.807) is 18.2 Å². The van der Waals surface area contributed by atoms with Crippen LogP contribution in [0, 0.1) is 5.82 Å². The van der Waals surface area contributed by atoms with E-state index in [1.807, 2.05) is 19.0 Å². The number of hydrogen-bond acceptors (Lipinski definition) is 4. The van der Waals surface area contributed by atoms with E-state index in [9.17, 15) is 12.8 Å². The van der Waals surface area contributed by atoms with Crippen molar-refractivity contribution in [1.29, 1.82) is 0 Å². The molecule has 0 amide bonds. The fraction of sp³-hybridized carbons (Fsp3) is 0.267. The Kier molecular flexibility index (Phi) is 5.85. The molecule has 1 heterocycles. The Morgan fingerprint density at radius 3 is 2.61 bits per heavy atom. The summed E-state index contributed by atoms with van der Waals surface area (Å²) >= 11 is 3.16. The lowest BCUT2D eigenvalue weighted by Crippen LogP contribution is -2.34. The topological polar surface area (TPSA) is 62.3 Å². The number of sulfonamides is 1. The van der Waals surface area contributed by atoms with Crippen LogP contribution in [0.15, 0.2) is 52.1 Å². The number of nitrogens with zero attached hydrogens (tertiary/aromatic N) is 2. The molecule has 0 fully saturated rings. The Morgan fingerprint density at radius 1 is 1.30 bits per heavy atom. The summed E-state index contributed by atoms with van der Waals surface area (Å²) < 4.78 is 41.1. The van der Waals surface area contributed by atoms with Crippen molar-refractivity contribution in [3.05, 3.63) is 58.6 Å². The van der Waals surface area contributed by atoms with Gasteiger partial charge in [0.25, 0.3) is 0 Å². The molecule has 0 aliphatic heterocycles. The molecule has 0 aliphatic rings. The first-order valence-corrected chi connectivity index (χ1v) is 9.10. The van der Waals surface area contributed by atoms with E-state index in [0.29, 0.717) is 10.2 Å². The molecule has 1 aromatic carbocycles. The van der Waals surface area contributed by atoms with Gasteiger partial charge in [0.15, 0.2) is 0 Å². The van der Waals surface area contributed by atoms with Gasteiger partial charge in [-0.05, 0) is 59.9 Å². The first-order chi connectivity index (χ1) is 10.8. The van der Waals surface area contributed by atoms with E-state index < -0.39 is 10.0 Å². The standard InChI is InChI=1S/C15H17BrFN3O2S/c1-20(2)14(11-4-3-5-12(17)8-11)10-19-23(21,22)13-6-7-15(16)18-9-13/h3-9,14,19H,10H2,1-2H3/t14-/m0/s1. The monoisotopic (exact) mass is 401 g/mol. The second-order valence-corrected chi connectivity index (χ2v) is 7.78. The van der Waals surface area contributed by atoms with Gasteiger partial charge in [0.1, 0.15) is 15.3 Å². The molecular weight excluding hydrogens is 385 g/mol. The SMILES string of the molecule is CN(C)[C@@H](CNS(=O)(=O)c1ccc(Br)nc1)c1cccc(F)c1. The Bertz CT molecular complexity index is 767. The Morgan fingerprint density at radius 2 is 2.04 bits per heavy atom. The van der Waals surface area contributed by atoms with Crippen LogP contribution < -0.4 is 4.72 Å². The normalized spacial score (nSPS) is 13.3. The average Bonchev–Trinajstić information content (AvgIpc) is 2.47. The van der Waals surface area contributed by atoms with E-state index in [2.05, 4.69) is 25.6 Å². The molecule has 1 atom stereocenters. The molecule has 0 unspecified atom stereocenters. The van der Waals surface area contributed by atoms with Crippen LogP contribution in [-0.4, -0.2) is 38.9 Å². The van der Waals surface area contributed by atoms with Gasteiger partial charge in [-0.3, -0.25) is 0 Å². The van der Waals surface area contributed by atoms with Gasteiger partial charge in [0.05, 0.1) is 0 Å². The Hall–Kier alpha value is -1.35. The summed E-state index contributed by atoms with van der Waals surface area (Å²) in [5, 5.41) is 0. The van der Waals surface area contributed by atoms with Crippen LogP contribution in [0.3, 0.4) is 0 Å². The molecule has 1 N–H and O–H groups in total. The van der Waals surface area contributed by atoms with Gasteiger partial charge >= 0.3 is 0 Å². The molecule has 5 nitrogen and oxygen atoms in total. The van der Waals surface area contributed by atoms with Crippen molar-refractivity contribution >= 4 is 26.0 Å². The summed E-state index contributed by atoms with van der Waals surface area (Å²) in [7, 11) is -0.0564. The van der Waals surface area contributed by atoms with Crippen molar-refractivity contribution < 1.29 is 12.8 Å². The fourth-order valence-electron chi connectivity index (χ4n) is 2.11. The summed E-state index contributed by atoms with van der Waals surface area (Å²) in [6.07, 6.45) is 1.28. The van der Waals surface area contributed by atoms with Gasteiger partial charge in [-0.1, -0.05) is 12.1 Å². The predicted molar refractivity (Wildman–Crippen MR) is 90.0 cm³/mol. The number of pyridine rings is 1. The summed E-state index contributed by atoms with van der Waals surface area (Å²) in [5.74, 6) is -0.352. The first-order valence-electron chi connectivity index (χ1n) is 6.83. The van der Waals surface area contributed by atoms with Crippen molar-refractivity contribution in [3.63, 3.8) is 0 Å². The van der Waals surface area contributed by atoms with Gasteiger partial charge in [0.2, 0.25) is 10.0 Å². The molecule has 0 aliphatic carbocycles. The zero-order valence-corrected chi connectivity index (χ0v) is 15.1. The van der Waals surface area contributed by atoms with Crippen molar-refractivity contribution in [3.8, 4) is 0 Å². The maximum absolute atomic E-state index is 13.4. The maximum Gasteiger partial charge on any atom is 0.242 e. The lowest BCUT2D eigenvalue weighted by molar-refractivity contribution is 0.299. The van der Waals surface area contributed by atoms with Crippen LogP contribution in [0.4, 0.5) is 4.39 Å².